The third-order valence-electron chi connectivity index (χ3n) is 4.63. The Balaban J connectivity index is 1.93. The van der Waals surface area contributed by atoms with Crippen LogP contribution in [0.3, 0.4) is 0 Å². The molecular weight excluding hydrogens is 328 g/mol. The summed E-state index contributed by atoms with van der Waals surface area (Å²) in [5, 5.41) is 0. The van der Waals surface area contributed by atoms with E-state index < -0.39 is 0 Å². The zero-order valence-electron chi connectivity index (χ0n) is 15.1. The summed E-state index contributed by atoms with van der Waals surface area (Å²) in [6.07, 6.45) is 1.19. The van der Waals surface area contributed by atoms with Crippen molar-refractivity contribution in [3.8, 4) is 17.6 Å². The molecule has 0 aromatic heterocycles. The number of carbonyl (C=O) groups is 1. The standard InChI is InChI=1S/C22H22O2S/c1-15(23)18-9-7-17(14-20(18)24-4)6-5-16-8-10-21-19(13-16)22(2,3)11-12-25-21/h7-10,13-14H,11-12H2,1-4H3. The largest absolute Gasteiger partial charge is 0.496 e. The average Bonchev–Trinajstić information content (AvgIpc) is 2.59. The Bertz CT molecular complexity index is 885. The Labute approximate surface area is 154 Å². The summed E-state index contributed by atoms with van der Waals surface area (Å²) in [5.41, 5.74) is 4.03. The van der Waals surface area contributed by atoms with Gasteiger partial charge in [0.2, 0.25) is 0 Å². The Kier molecular flexibility index (Phi) is 4.92. The second-order valence-electron chi connectivity index (χ2n) is 6.91. The molecule has 1 heterocycles. The summed E-state index contributed by atoms with van der Waals surface area (Å²) >= 11 is 1.93. The fourth-order valence-corrected chi connectivity index (χ4v) is 4.50. The first-order chi connectivity index (χ1) is 11.9. The molecule has 3 heteroatoms. The molecule has 0 N–H and O–H groups in total. The molecule has 0 radical (unpaired) electrons. The summed E-state index contributed by atoms with van der Waals surface area (Å²) < 4.78 is 5.31. The van der Waals surface area contributed by atoms with E-state index in [2.05, 4.69) is 43.9 Å². The van der Waals surface area contributed by atoms with Crippen LogP contribution < -0.4 is 4.74 Å². The van der Waals surface area contributed by atoms with Gasteiger partial charge in [-0.2, -0.15) is 0 Å². The summed E-state index contributed by atoms with van der Waals surface area (Å²) in [4.78, 5) is 13.0. The quantitative estimate of drug-likeness (QED) is 0.559. The molecule has 3 rings (SSSR count). The van der Waals surface area contributed by atoms with Crippen LogP contribution in [0, 0.1) is 11.8 Å². The van der Waals surface area contributed by atoms with Gasteiger partial charge in [-0.1, -0.05) is 25.7 Å². The number of ketones is 1. The first-order valence-corrected chi connectivity index (χ1v) is 9.37. The van der Waals surface area contributed by atoms with Crippen molar-refractivity contribution < 1.29 is 9.53 Å². The van der Waals surface area contributed by atoms with E-state index in [0.717, 1.165) is 11.1 Å². The molecular formula is C22H22O2S. The number of methoxy groups -OCH3 is 1. The van der Waals surface area contributed by atoms with E-state index in [4.69, 9.17) is 4.74 Å². The van der Waals surface area contributed by atoms with Crippen LogP contribution >= 0.6 is 11.8 Å². The molecule has 0 saturated carbocycles. The van der Waals surface area contributed by atoms with Crippen LogP contribution in [-0.2, 0) is 5.41 Å². The molecule has 0 saturated heterocycles. The zero-order chi connectivity index (χ0) is 18.0. The van der Waals surface area contributed by atoms with Gasteiger partial charge < -0.3 is 4.74 Å². The van der Waals surface area contributed by atoms with Gasteiger partial charge in [-0.25, -0.2) is 0 Å². The van der Waals surface area contributed by atoms with Crippen LogP contribution in [0.15, 0.2) is 41.3 Å². The minimum Gasteiger partial charge on any atom is -0.496 e. The minimum absolute atomic E-state index is 0.00854. The third-order valence-corrected chi connectivity index (χ3v) is 5.70. The van der Waals surface area contributed by atoms with Gasteiger partial charge in [-0.15, -0.1) is 11.8 Å². The highest BCUT2D eigenvalue weighted by Crippen LogP contribution is 2.41. The van der Waals surface area contributed by atoms with E-state index in [9.17, 15) is 4.79 Å². The molecule has 2 nitrogen and oxygen atoms in total. The van der Waals surface area contributed by atoms with Crippen molar-refractivity contribution in [1.82, 2.24) is 0 Å². The van der Waals surface area contributed by atoms with Crippen LogP contribution in [0.2, 0.25) is 0 Å². The van der Waals surface area contributed by atoms with Crippen molar-refractivity contribution in [2.24, 2.45) is 0 Å². The molecule has 1 aliphatic heterocycles. The van der Waals surface area contributed by atoms with E-state index in [1.54, 1.807) is 13.2 Å². The lowest BCUT2D eigenvalue weighted by molar-refractivity contribution is 0.101. The maximum absolute atomic E-state index is 11.6. The van der Waals surface area contributed by atoms with Crippen molar-refractivity contribution >= 4 is 17.5 Å². The van der Waals surface area contributed by atoms with Crippen LogP contribution in [0.25, 0.3) is 0 Å². The second-order valence-corrected chi connectivity index (χ2v) is 8.05. The molecule has 0 spiro atoms. The monoisotopic (exact) mass is 350 g/mol. The molecule has 2 aromatic rings. The Morgan fingerprint density at radius 3 is 2.48 bits per heavy atom. The smallest absolute Gasteiger partial charge is 0.163 e. The summed E-state index contributed by atoms with van der Waals surface area (Å²) in [6, 6.07) is 11.9. The molecule has 0 atom stereocenters. The van der Waals surface area contributed by atoms with E-state index in [1.807, 2.05) is 23.9 Å². The molecule has 0 amide bonds. The van der Waals surface area contributed by atoms with Gasteiger partial charge in [-0.05, 0) is 66.5 Å². The fraction of sp³-hybridized carbons (Fsp3) is 0.318. The lowest BCUT2D eigenvalue weighted by atomic mass is 9.81. The predicted molar refractivity (Wildman–Crippen MR) is 104 cm³/mol. The van der Waals surface area contributed by atoms with Crippen LogP contribution in [0.1, 0.15) is 54.2 Å². The van der Waals surface area contributed by atoms with Crippen LogP contribution in [0.4, 0.5) is 0 Å². The van der Waals surface area contributed by atoms with Gasteiger partial charge in [0.05, 0.1) is 12.7 Å². The van der Waals surface area contributed by atoms with Gasteiger partial charge in [0.15, 0.2) is 5.78 Å². The average molecular weight is 350 g/mol. The topological polar surface area (TPSA) is 26.3 Å². The van der Waals surface area contributed by atoms with Crippen molar-refractivity contribution in [2.45, 2.75) is 37.5 Å². The Morgan fingerprint density at radius 2 is 1.80 bits per heavy atom. The molecule has 128 valence electrons. The predicted octanol–water partition coefficient (Wildman–Crippen LogP) is 5.07. The number of hydrogen-bond acceptors (Lipinski definition) is 3. The van der Waals surface area contributed by atoms with E-state index in [1.165, 1.54) is 29.6 Å². The summed E-state index contributed by atoms with van der Waals surface area (Å²) in [6.45, 7) is 6.14. The highest BCUT2D eigenvalue weighted by Gasteiger charge is 2.27. The summed E-state index contributed by atoms with van der Waals surface area (Å²) in [5.74, 6) is 8.17. The maximum Gasteiger partial charge on any atom is 0.163 e. The van der Waals surface area contributed by atoms with Crippen molar-refractivity contribution in [2.75, 3.05) is 12.9 Å². The number of carbonyl (C=O) groups excluding carboxylic acids is 1. The molecule has 0 fully saturated rings. The summed E-state index contributed by atoms with van der Waals surface area (Å²) in [7, 11) is 1.57. The number of ether oxygens (including phenoxy) is 1. The van der Waals surface area contributed by atoms with Gasteiger partial charge in [0.1, 0.15) is 5.75 Å². The van der Waals surface area contributed by atoms with Crippen molar-refractivity contribution in [3.05, 3.63) is 58.7 Å². The number of hydrogen-bond donors (Lipinski definition) is 0. The van der Waals surface area contributed by atoms with Crippen LogP contribution in [-0.4, -0.2) is 18.6 Å². The fourth-order valence-electron chi connectivity index (χ4n) is 3.02. The zero-order valence-corrected chi connectivity index (χ0v) is 15.9. The highest BCUT2D eigenvalue weighted by atomic mass is 32.2. The SMILES string of the molecule is COc1cc(C#Cc2ccc3c(c2)C(C)(C)CCS3)ccc1C(C)=O. The second kappa shape index (κ2) is 6.98. The van der Waals surface area contributed by atoms with Gasteiger partial charge in [-0.3, -0.25) is 4.79 Å². The minimum atomic E-state index is -0.00854. The van der Waals surface area contributed by atoms with E-state index in [-0.39, 0.29) is 11.2 Å². The van der Waals surface area contributed by atoms with Crippen LogP contribution in [0.5, 0.6) is 5.75 Å². The number of fused-ring (bicyclic) bond motifs is 1. The van der Waals surface area contributed by atoms with Crippen molar-refractivity contribution in [1.29, 1.82) is 0 Å². The van der Waals surface area contributed by atoms with Gasteiger partial charge in [0.25, 0.3) is 0 Å². The first kappa shape index (κ1) is 17.6. The number of Topliss-reactive ketones (excluding diaryl/α,β-unsaturated/α-hetero) is 1. The number of thioether (sulfide) groups is 1. The molecule has 2 aromatic carbocycles. The first-order valence-electron chi connectivity index (χ1n) is 8.39. The normalized spacial score (nSPS) is 14.9. The number of benzene rings is 2. The van der Waals surface area contributed by atoms with E-state index >= 15 is 0 Å². The highest BCUT2D eigenvalue weighted by molar-refractivity contribution is 7.99. The lowest BCUT2D eigenvalue weighted by Gasteiger charge is -2.32. The Morgan fingerprint density at radius 1 is 1.12 bits per heavy atom. The molecule has 0 aliphatic carbocycles. The van der Waals surface area contributed by atoms with Crippen molar-refractivity contribution in [3.63, 3.8) is 0 Å². The Hall–Kier alpha value is -2.18. The van der Waals surface area contributed by atoms with E-state index in [0.29, 0.717) is 11.3 Å². The lowest BCUT2D eigenvalue weighted by Crippen LogP contribution is -2.22. The molecule has 0 unspecified atom stereocenters. The van der Waals surface area contributed by atoms with Gasteiger partial charge in [0, 0.05) is 16.0 Å². The molecule has 25 heavy (non-hydrogen) atoms. The maximum atomic E-state index is 11.6. The number of rotatable bonds is 2. The third kappa shape index (κ3) is 3.75. The molecule has 0 bridgehead atoms. The van der Waals surface area contributed by atoms with Gasteiger partial charge >= 0.3 is 0 Å². The molecule has 1 aliphatic rings.